The second-order valence-electron chi connectivity index (χ2n) is 6.22. The van der Waals surface area contributed by atoms with Crippen LogP contribution < -0.4 is 10.2 Å². The minimum Gasteiger partial charge on any atom is -0.503 e. The summed E-state index contributed by atoms with van der Waals surface area (Å²) in [5, 5.41) is 20.7. The van der Waals surface area contributed by atoms with Crippen LogP contribution in [-0.2, 0) is 0 Å². The summed E-state index contributed by atoms with van der Waals surface area (Å²) in [5.41, 5.74) is 7.36. The van der Waals surface area contributed by atoms with Gasteiger partial charge in [0.25, 0.3) is 5.91 Å². The Morgan fingerprint density at radius 3 is 2.75 bits per heavy atom. The van der Waals surface area contributed by atoms with Crippen LogP contribution in [0.15, 0.2) is 46.0 Å². The summed E-state index contributed by atoms with van der Waals surface area (Å²) in [4.78, 5) is 12.3. The summed E-state index contributed by atoms with van der Waals surface area (Å²) >= 11 is 3.24. The fourth-order valence-electron chi connectivity index (χ4n) is 2.54. The molecule has 28 heavy (non-hydrogen) atoms. The SMILES string of the molecule is COc1cc(C=NNC(=O)c2cc(-c3ccc(C)c(C)c3)n[nH]2)cc(Br)c1O. The molecule has 8 heteroatoms. The normalized spacial score (nSPS) is 11.0. The highest BCUT2D eigenvalue weighted by Crippen LogP contribution is 2.34. The van der Waals surface area contributed by atoms with E-state index in [0.717, 1.165) is 11.1 Å². The number of ether oxygens (including phenoxy) is 1. The third kappa shape index (κ3) is 4.23. The average molecular weight is 443 g/mol. The largest absolute Gasteiger partial charge is 0.503 e. The maximum Gasteiger partial charge on any atom is 0.289 e. The van der Waals surface area contributed by atoms with E-state index in [1.54, 1.807) is 18.2 Å². The summed E-state index contributed by atoms with van der Waals surface area (Å²) in [6.45, 7) is 4.08. The van der Waals surface area contributed by atoms with Gasteiger partial charge < -0.3 is 9.84 Å². The summed E-state index contributed by atoms with van der Waals surface area (Å²) in [7, 11) is 1.45. The number of nitrogens with zero attached hydrogens (tertiary/aromatic N) is 2. The third-order valence-corrected chi connectivity index (χ3v) is 4.88. The van der Waals surface area contributed by atoms with Crippen LogP contribution >= 0.6 is 15.9 Å². The van der Waals surface area contributed by atoms with Gasteiger partial charge in [0, 0.05) is 5.56 Å². The van der Waals surface area contributed by atoms with Gasteiger partial charge >= 0.3 is 0 Å². The highest BCUT2D eigenvalue weighted by Gasteiger charge is 2.11. The average Bonchev–Trinajstić information content (AvgIpc) is 3.17. The highest BCUT2D eigenvalue weighted by atomic mass is 79.9. The number of phenolic OH excluding ortho intramolecular Hbond substituents is 1. The first-order valence-corrected chi connectivity index (χ1v) is 9.21. The molecular weight excluding hydrogens is 424 g/mol. The van der Waals surface area contributed by atoms with Crippen molar-refractivity contribution >= 4 is 28.1 Å². The number of phenols is 1. The van der Waals surface area contributed by atoms with Gasteiger partial charge in [-0.05, 0) is 70.7 Å². The monoisotopic (exact) mass is 442 g/mol. The van der Waals surface area contributed by atoms with Crippen LogP contribution in [0.2, 0.25) is 0 Å². The van der Waals surface area contributed by atoms with E-state index in [9.17, 15) is 9.90 Å². The van der Waals surface area contributed by atoms with Gasteiger partial charge in [-0.15, -0.1) is 0 Å². The van der Waals surface area contributed by atoms with Crippen molar-refractivity contribution in [3.63, 3.8) is 0 Å². The highest BCUT2D eigenvalue weighted by molar-refractivity contribution is 9.10. The Kier molecular flexibility index (Phi) is 5.79. The number of halogens is 1. The van der Waals surface area contributed by atoms with Crippen molar-refractivity contribution in [1.82, 2.24) is 15.6 Å². The predicted molar refractivity (Wildman–Crippen MR) is 111 cm³/mol. The first-order chi connectivity index (χ1) is 13.4. The van der Waals surface area contributed by atoms with Crippen LogP contribution in [0.3, 0.4) is 0 Å². The number of nitrogens with one attached hydrogen (secondary N) is 2. The Hall–Kier alpha value is -3.13. The predicted octanol–water partition coefficient (Wildman–Crippen LogP) is 3.93. The zero-order valence-corrected chi connectivity index (χ0v) is 17.2. The third-order valence-electron chi connectivity index (χ3n) is 4.28. The fraction of sp³-hybridized carbons (Fsp3) is 0.150. The number of benzene rings is 2. The fourth-order valence-corrected chi connectivity index (χ4v) is 3.00. The Morgan fingerprint density at radius 2 is 2.04 bits per heavy atom. The number of H-pyrrole nitrogens is 1. The van der Waals surface area contributed by atoms with E-state index in [1.807, 2.05) is 32.0 Å². The zero-order chi connectivity index (χ0) is 20.3. The number of carbonyl (C=O) groups is 1. The van der Waals surface area contributed by atoms with Crippen LogP contribution in [0.25, 0.3) is 11.3 Å². The smallest absolute Gasteiger partial charge is 0.289 e. The van der Waals surface area contributed by atoms with Gasteiger partial charge in [0.1, 0.15) is 5.69 Å². The van der Waals surface area contributed by atoms with E-state index in [4.69, 9.17) is 4.74 Å². The summed E-state index contributed by atoms with van der Waals surface area (Å²) in [6, 6.07) is 10.9. The lowest BCUT2D eigenvalue weighted by atomic mass is 10.0. The van der Waals surface area contributed by atoms with Crippen molar-refractivity contribution in [2.45, 2.75) is 13.8 Å². The molecule has 0 saturated carbocycles. The minimum absolute atomic E-state index is 0.0000161. The lowest BCUT2D eigenvalue weighted by Crippen LogP contribution is -2.18. The maximum absolute atomic E-state index is 12.3. The van der Waals surface area contributed by atoms with E-state index in [-0.39, 0.29) is 5.75 Å². The molecule has 0 atom stereocenters. The number of aromatic amines is 1. The van der Waals surface area contributed by atoms with E-state index < -0.39 is 5.91 Å². The lowest BCUT2D eigenvalue weighted by molar-refractivity contribution is 0.0950. The standard InChI is InChI=1S/C20H19BrN4O3/c1-11-4-5-14(6-12(11)2)16-9-17(24-23-16)20(27)25-22-10-13-7-15(21)19(26)18(8-13)28-3/h4-10,26H,1-3H3,(H,23,24)(H,25,27). The van der Waals surface area contributed by atoms with Gasteiger partial charge in [0.2, 0.25) is 0 Å². The Labute approximate surface area is 170 Å². The Bertz CT molecular complexity index is 1060. The van der Waals surface area contributed by atoms with E-state index >= 15 is 0 Å². The van der Waals surface area contributed by atoms with Gasteiger partial charge in [-0.1, -0.05) is 12.1 Å². The quantitative estimate of drug-likeness (QED) is 0.411. The molecule has 1 amide bonds. The molecule has 144 valence electrons. The molecule has 0 fully saturated rings. The number of methoxy groups -OCH3 is 1. The number of aromatic hydroxyl groups is 1. The van der Waals surface area contributed by atoms with Crippen LogP contribution in [0.4, 0.5) is 0 Å². The molecular formula is C20H19BrN4O3. The first kappa shape index (κ1) is 19.6. The number of aromatic nitrogens is 2. The van der Waals surface area contributed by atoms with Gasteiger partial charge in [-0.3, -0.25) is 9.89 Å². The molecule has 3 aromatic rings. The second kappa shape index (κ2) is 8.26. The van der Waals surface area contributed by atoms with Crippen molar-refractivity contribution in [2.24, 2.45) is 5.10 Å². The first-order valence-electron chi connectivity index (χ1n) is 8.42. The van der Waals surface area contributed by atoms with Gasteiger partial charge in [-0.25, -0.2) is 5.43 Å². The minimum atomic E-state index is -0.413. The van der Waals surface area contributed by atoms with Crippen LogP contribution in [0, 0.1) is 13.8 Å². The molecule has 3 N–H and O–H groups in total. The van der Waals surface area contributed by atoms with Crippen molar-refractivity contribution < 1.29 is 14.6 Å². The number of aryl methyl sites for hydroxylation is 2. The number of amides is 1. The molecule has 3 rings (SSSR count). The van der Waals surface area contributed by atoms with Crippen LogP contribution in [0.1, 0.15) is 27.2 Å². The van der Waals surface area contributed by atoms with Crippen molar-refractivity contribution in [3.8, 4) is 22.8 Å². The van der Waals surface area contributed by atoms with Crippen molar-refractivity contribution in [1.29, 1.82) is 0 Å². The van der Waals surface area contributed by atoms with E-state index in [0.29, 0.717) is 27.2 Å². The van der Waals surface area contributed by atoms with Gasteiger partial charge in [0.05, 0.1) is 23.5 Å². The molecule has 0 radical (unpaired) electrons. The van der Waals surface area contributed by atoms with E-state index in [2.05, 4.69) is 36.7 Å². The molecule has 2 aromatic carbocycles. The van der Waals surface area contributed by atoms with Crippen LogP contribution in [0.5, 0.6) is 11.5 Å². The van der Waals surface area contributed by atoms with Crippen molar-refractivity contribution in [2.75, 3.05) is 7.11 Å². The molecule has 0 aliphatic heterocycles. The number of hydrogen-bond acceptors (Lipinski definition) is 5. The second-order valence-corrected chi connectivity index (χ2v) is 7.07. The molecule has 1 aromatic heterocycles. The van der Waals surface area contributed by atoms with E-state index in [1.165, 1.54) is 18.9 Å². The molecule has 7 nitrogen and oxygen atoms in total. The van der Waals surface area contributed by atoms with Gasteiger partial charge in [0.15, 0.2) is 11.5 Å². The van der Waals surface area contributed by atoms with Crippen molar-refractivity contribution in [3.05, 3.63) is 63.3 Å². The Morgan fingerprint density at radius 1 is 1.25 bits per heavy atom. The molecule has 0 bridgehead atoms. The molecule has 0 unspecified atom stereocenters. The molecule has 0 saturated heterocycles. The lowest BCUT2D eigenvalue weighted by Gasteiger charge is -2.06. The van der Waals surface area contributed by atoms with Gasteiger partial charge in [-0.2, -0.15) is 10.2 Å². The Balaban J connectivity index is 1.70. The number of carbonyl (C=O) groups excluding carboxylic acids is 1. The number of rotatable bonds is 5. The van der Waals surface area contributed by atoms with Crippen LogP contribution in [-0.4, -0.2) is 34.5 Å². The zero-order valence-electron chi connectivity index (χ0n) is 15.6. The summed E-state index contributed by atoms with van der Waals surface area (Å²) in [6.07, 6.45) is 1.45. The molecule has 0 aliphatic rings. The molecule has 0 aliphatic carbocycles. The number of hydrogen-bond donors (Lipinski definition) is 3. The topological polar surface area (TPSA) is 99.6 Å². The molecule has 1 heterocycles. The summed E-state index contributed by atoms with van der Waals surface area (Å²) < 4.78 is 5.55. The number of hydrazone groups is 1. The maximum atomic E-state index is 12.3. The summed E-state index contributed by atoms with van der Waals surface area (Å²) in [5.74, 6) is -0.114. The molecule has 0 spiro atoms.